The van der Waals surface area contributed by atoms with Crippen LogP contribution in [0.25, 0.3) is 0 Å². The van der Waals surface area contributed by atoms with E-state index in [0.29, 0.717) is 4.34 Å². The average molecular weight is 293 g/mol. The van der Waals surface area contributed by atoms with Gasteiger partial charge in [-0.3, -0.25) is 0 Å². The summed E-state index contributed by atoms with van der Waals surface area (Å²) in [5, 5.41) is 9.98. The van der Waals surface area contributed by atoms with E-state index in [-0.39, 0.29) is 11.0 Å². The van der Waals surface area contributed by atoms with Gasteiger partial charge in [0.05, 0.1) is 0 Å². The van der Waals surface area contributed by atoms with Crippen LogP contribution in [0, 0.1) is 0 Å². The standard InChI is InChI=1S/C8H6F3N5S2/c1-12-6-14-4(8(9,10)11)2-5(15-6)18-7-16-13-3-17-7/h2-3H,1H3,(H,12,14,15). The quantitative estimate of drug-likeness (QED) is 0.877. The van der Waals surface area contributed by atoms with Gasteiger partial charge in [-0.2, -0.15) is 13.2 Å². The second kappa shape index (κ2) is 5.06. The van der Waals surface area contributed by atoms with Crippen LogP contribution in [0.15, 0.2) is 20.9 Å². The molecule has 0 saturated heterocycles. The molecule has 0 bridgehead atoms. The lowest BCUT2D eigenvalue weighted by molar-refractivity contribution is -0.141. The number of alkyl halides is 3. The fourth-order valence-electron chi connectivity index (χ4n) is 1.03. The first-order valence-corrected chi connectivity index (χ1v) is 6.26. The topological polar surface area (TPSA) is 63.6 Å². The minimum atomic E-state index is -4.51. The van der Waals surface area contributed by atoms with Crippen molar-refractivity contribution in [3.8, 4) is 0 Å². The Balaban J connectivity index is 2.35. The van der Waals surface area contributed by atoms with Gasteiger partial charge in [-0.05, 0) is 11.8 Å². The number of halogens is 3. The fraction of sp³-hybridized carbons (Fsp3) is 0.250. The predicted molar refractivity (Wildman–Crippen MR) is 60.6 cm³/mol. The molecule has 0 spiro atoms. The molecule has 0 aromatic carbocycles. The van der Waals surface area contributed by atoms with Crippen molar-refractivity contribution < 1.29 is 13.2 Å². The van der Waals surface area contributed by atoms with Gasteiger partial charge in [0.25, 0.3) is 0 Å². The molecule has 5 nitrogen and oxygen atoms in total. The Kier molecular flexibility index (Phi) is 3.66. The Morgan fingerprint density at radius 2 is 2.11 bits per heavy atom. The highest BCUT2D eigenvalue weighted by molar-refractivity contribution is 8.00. The molecule has 2 rings (SSSR count). The Morgan fingerprint density at radius 1 is 1.33 bits per heavy atom. The zero-order chi connectivity index (χ0) is 13.2. The van der Waals surface area contributed by atoms with Crippen LogP contribution in [-0.4, -0.2) is 27.2 Å². The summed E-state index contributed by atoms with van der Waals surface area (Å²) in [5.74, 6) is -0.0863. The second-order valence-corrected chi connectivity index (χ2v) is 5.07. The third-order valence-electron chi connectivity index (χ3n) is 1.75. The summed E-state index contributed by atoms with van der Waals surface area (Å²) in [6.07, 6.45) is -4.51. The summed E-state index contributed by atoms with van der Waals surface area (Å²) in [6.45, 7) is 0. The summed E-state index contributed by atoms with van der Waals surface area (Å²) in [6, 6.07) is 0.882. The Morgan fingerprint density at radius 3 is 2.67 bits per heavy atom. The Labute approximate surface area is 108 Å². The molecule has 0 aliphatic carbocycles. The molecule has 18 heavy (non-hydrogen) atoms. The molecule has 0 amide bonds. The predicted octanol–water partition coefficient (Wildman–Crippen LogP) is 2.54. The van der Waals surface area contributed by atoms with Gasteiger partial charge < -0.3 is 5.32 Å². The molecule has 0 aliphatic heterocycles. The van der Waals surface area contributed by atoms with Crippen LogP contribution < -0.4 is 5.32 Å². The molecule has 2 aromatic rings. The van der Waals surface area contributed by atoms with Crippen LogP contribution in [0.1, 0.15) is 5.69 Å². The van der Waals surface area contributed by atoms with Crippen molar-refractivity contribution in [3.05, 3.63) is 17.3 Å². The summed E-state index contributed by atoms with van der Waals surface area (Å²) >= 11 is 2.23. The van der Waals surface area contributed by atoms with E-state index >= 15 is 0 Å². The number of nitrogens with one attached hydrogen (secondary N) is 1. The van der Waals surface area contributed by atoms with Crippen molar-refractivity contribution in [2.45, 2.75) is 15.5 Å². The molecule has 0 saturated carbocycles. The molecule has 2 aromatic heterocycles. The van der Waals surface area contributed by atoms with E-state index < -0.39 is 11.9 Å². The number of nitrogens with zero attached hydrogens (tertiary/aromatic N) is 4. The minimum Gasteiger partial charge on any atom is -0.357 e. The molecule has 0 atom stereocenters. The molecular formula is C8H6F3N5S2. The summed E-state index contributed by atoms with van der Waals surface area (Å²) in [7, 11) is 1.45. The van der Waals surface area contributed by atoms with E-state index in [1.165, 1.54) is 23.9 Å². The van der Waals surface area contributed by atoms with Gasteiger partial charge in [0.2, 0.25) is 5.95 Å². The van der Waals surface area contributed by atoms with Crippen LogP contribution in [0.5, 0.6) is 0 Å². The Bertz CT molecular complexity index is 528. The molecule has 0 unspecified atom stereocenters. The number of rotatable bonds is 3. The van der Waals surface area contributed by atoms with Crippen molar-refractivity contribution in [1.29, 1.82) is 0 Å². The highest BCUT2D eigenvalue weighted by Crippen LogP contribution is 2.33. The zero-order valence-corrected chi connectivity index (χ0v) is 10.5. The molecule has 10 heteroatoms. The molecule has 2 heterocycles. The lowest BCUT2D eigenvalue weighted by Gasteiger charge is -2.08. The van der Waals surface area contributed by atoms with Crippen LogP contribution in [0.4, 0.5) is 19.1 Å². The van der Waals surface area contributed by atoms with Gasteiger partial charge in [0.15, 0.2) is 10.0 Å². The lowest BCUT2D eigenvalue weighted by Crippen LogP contribution is -2.11. The number of anilines is 1. The number of hydrogen-bond donors (Lipinski definition) is 1. The third kappa shape index (κ3) is 3.07. The van der Waals surface area contributed by atoms with Crippen molar-refractivity contribution in [2.24, 2.45) is 0 Å². The molecule has 1 N–H and O–H groups in total. The van der Waals surface area contributed by atoms with Gasteiger partial charge in [-0.1, -0.05) is 11.3 Å². The first-order valence-electron chi connectivity index (χ1n) is 4.57. The van der Waals surface area contributed by atoms with E-state index in [1.54, 1.807) is 0 Å². The monoisotopic (exact) mass is 293 g/mol. The van der Waals surface area contributed by atoms with E-state index in [1.807, 2.05) is 0 Å². The van der Waals surface area contributed by atoms with Crippen molar-refractivity contribution >= 4 is 29.0 Å². The average Bonchev–Trinajstić information content (AvgIpc) is 2.80. The third-order valence-corrected chi connectivity index (χ3v) is 3.44. The SMILES string of the molecule is CNc1nc(Sc2nncs2)cc(C(F)(F)F)n1. The number of hydrogen-bond acceptors (Lipinski definition) is 7. The van der Waals surface area contributed by atoms with E-state index in [2.05, 4.69) is 25.5 Å². The molecule has 0 aliphatic rings. The van der Waals surface area contributed by atoms with Crippen molar-refractivity contribution in [2.75, 3.05) is 12.4 Å². The maximum atomic E-state index is 12.6. The van der Waals surface area contributed by atoms with E-state index in [4.69, 9.17) is 0 Å². The minimum absolute atomic E-state index is 0.0863. The van der Waals surface area contributed by atoms with Crippen LogP contribution >= 0.6 is 23.1 Å². The van der Waals surface area contributed by atoms with E-state index in [9.17, 15) is 13.2 Å². The maximum Gasteiger partial charge on any atom is 0.433 e. The van der Waals surface area contributed by atoms with Crippen LogP contribution in [0.2, 0.25) is 0 Å². The van der Waals surface area contributed by atoms with Crippen LogP contribution in [0.3, 0.4) is 0 Å². The van der Waals surface area contributed by atoms with E-state index in [0.717, 1.165) is 17.8 Å². The largest absolute Gasteiger partial charge is 0.433 e. The lowest BCUT2D eigenvalue weighted by atomic mass is 10.4. The van der Waals surface area contributed by atoms with Gasteiger partial charge in [0.1, 0.15) is 10.5 Å². The van der Waals surface area contributed by atoms with Gasteiger partial charge >= 0.3 is 6.18 Å². The summed E-state index contributed by atoms with van der Waals surface area (Å²) < 4.78 is 38.3. The molecule has 0 fully saturated rings. The maximum absolute atomic E-state index is 12.6. The molecule has 96 valence electrons. The summed E-state index contributed by atoms with van der Waals surface area (Å²) in [5.41, 5.74) is 0.501. The van der Waals surface area contributed by atoms with Crippen LogP contribution in [-0.2, 0) is 6.18 Å². The molecule has 0 radical (unpaired) electrons. The second-order valence-electron chi connectivity index (χ2n) is 2.97. The first kappa shape index (κ1) is 13.0. The molecular weight excluding hydrogens is 287 g/mol. The fourth-order valence-corrected chi connectivity index (χ4v) is 2.46. The zero-order valence-electron chi connectivity index (χ0n) is 8.89. The van der Waals surface area contributed by atoms with Gasteiger partial charge in [-0.25, -0.2) is 9.97 Å². The van der Waals surface area contributed by atoms with Gasteiger partial charge in [0, 0.05) is 13.1 Å². The Hall–Kier alpha value is -1.42. The smallest absolute Gasteiger partial charge is 0.357 e. The first-order chi connectivity index (χ1) is 8.49. The van der Waals surface area contributed by atoms with Crippen molar-refractivity contribution in [3.63, 3.8) is 0 Å². The normalized spacial score (nSPS) is 11.6. The summed E-state index contributed by atoms with van der Waals surface area (Å²) in [4.78, 5) is 7.28. The van der Waals surface area contributed by atoms with Gasteiger partial charge in [-0.15, -0.1) is 10.2 Å². The van der Waals surface area contributed by atoms with Crippen molar-refractivity contribution in [1.82, 2.24) is 20.2 Å². The highest BCUT2D eigenvalue weighted by atomic mass is 32.2. The number of aromatic nitrogens is 4. The highest BCUT2D eigenvalue weighted by Gasteiger charge is 2.33.